The fraction of sp³-hybridized carbons (Fsp3) is 0.929. The van der Waals surface area contributed by atoms with Crippen molar-refractivity contribution in [2.75, 3.05) is 27.2 Å². The molecule has 2 atom stereocenters. The summed E-state index contributed by atoms with van der Waals surface area (Å²) in [6, 6.07) is 0. The fourth-order valence-corrected chi connectivity index (χ4v) is 2.88. The van der Waals surface area contributed by atoms with E-state index in [1.807, 2.05) is 0 Å². The largest absolute Gasteiger partial charge is 0.468 e. The number of carbonyl (C=O) groups is 1. The number of methoxy groups -OCH3 is 1. The van der Waals surface area contributed by atoms with Gasteiger partial charge >= 0.3 is 5.97 Å². The van der Waals surface area contributed by atoms with Crippen LogP contribution in [0.3, 0.4) is 0 Å². The Bertz CT molecular complexity index is 271. The van der Waals surface area contributed by atoms with Crippen LogP contribution in [-0.4, -0.2) is 43.7 Å². The lowest BCUT2D eigenvalue weighted by Crippen LogP contribution is -2.52. The van der Waals surface area contributed by atoms with Crippen molar-refractivity contribution in [2.24, 2.45) is 11.7 Å². The van der Waals surface area contributed by atoms with Crippen LogP contribution in [0, 0.1) is 5.92 Å². The molecular formula is C14H28N2O2. The molecule has 2 unspecified atom stereocenters. The van der Waals surface area contributed by atoms with Crippen molar-refractivity contribution in [1.29, 1.82) is 0 Å². The van der Waals surface area contributed by atoms with Crippen molar-refractivity contribution < 1.29 is 9.53 Å². The molecule has 0 heterocycles. The summed E-state index contributed by atoms with van der Waals surface area (Å²) in [5, 5.41) is 0. The van der Waals surface area contributed by atoms with Gasteiger partial charge in [0.15, 0.2) is 0 Å². The highest BCUT2D eigenvalue weighted by atomic mass is 16.5. The zero-order valence-corrected chi connectivity index (χ0v) is 12.1. The molecule has 4 heteroatoms. The summed E-state index contributed by atoms with van der Waals surface area (Å²) in [6.45, 7) is 4.34. The lowest BCUT2D eigenvalue weighted by molar-refractivity contribution is -0.148. The van der Waals surface area contributed by atoms with Crippen LogP contribution in [0.5, 0.6) is 0 Å². The molecule has 0 aromatic rings. The van der Waals surface area contributed by atoms with E-state index in [4.69, 9.17) is 10.5 Å². The molecule has 1 aliphatic rings. The number of nitrogens with two attached hydrogens (primary N) is 1. The van der Waals surface area contributed by atoms with Crippen molar-refractivity contribution in [1.82, 2.24) is 4.90 Å². The first-order chi connectivity index (χ1) is 8.54. The van der Waals surface area contributed by atoms with E-state index in [1.165, 1.54) is 20.0 Å². The van der Waals surface area contributed by atoms with Crippen LogP contribution in [0.4, 0.5) is 0 Å². The normalized spacial score (nSPS) is 27.7. The summed E-state index contributed by atoms with van der Waals surface area (Å²) < 4.78 is 4.86. The molecule has 0 aliphatic heterocycles. The summed E-state index contributed by atoms with van der Waals surface area (Å²) in [4.78, 5) is 14.1. The highest BCUT2D eigenvalue weighted by Gasteiger charge is 2.46. The van der Waals surface area contributed by atoms with E-state index in [2.05, 4.69) is 18.9 Å². The van der Waals surface area contributed by atoms with Crippen LogP contribution < -0.4 is 5.73 Å². The lowest BCUT2D eigenvalue weighted by atomic mass is 9.85. The van der Waals surface area contributed by atoms with E-state index in [9.17, 15) is 4.79 Å². The van der Waals surface area contributed by atoms with Crippen LogP contribution in [0.15, 0.2) is 0 Å². The van der Waals surface area contributed by atoms with Gasteiger partial charge in [0, 0.05) is 0 Å². The molecular weight excluding hydrogens is 228 g/mol. The molecule has 1 aliphatic carbocycles. The Kier molecular flexibility index (Phi) is 6.09. The molecule has 0 radical (unpaired) electrons. The van der Waals surface area contributed by atoms with Gasteiger partial charge in [-0.25, -0.2) is 0 Å². The Morgan fingerprint density at radius 2 is 2.22 bits per heavy atom. The maximum atomic E-state index is 11.8. The quantitative estimate of drug-likeness (QED) is 0.705. The SMILES string of the molecule is CCCCN(C)CCC1CCCC1(N)C(=O)OC. The first-order valence-corrected chi connectivity index (χ1v) is 7.10. The second-order valence-electron chi connectivity index (χ2n) is 5.57. The Labute approximate surface area is 111 Å². The molecule has 1 rings (SSSR count). The predicted molar refractivity (Wildman–Crippen MR) is 73.3 cm³/mol. The van der Waals surface area contributed by atoms with Gasteiger partial charge in [0.25, 0.3) is 0 Å². The number of hydrogen-bond donors (Lipinski definition) is 1. The van der Waals surface area contributed by atoms with Crippen molar-refractivity contribution >= 4 is 5.97 Å². The summed E-state index contributed by atoms with van der Waals surface area (Å²) in [5.74, 6) is 0.0373. The molecule has 0 bridgehead atoms. The topological polar surface area (TPSA) is 55.6 Å². The minimum absolute atomic E-state index is 0.235. The molecule has 1 saturated carbocycles. The van der Waals surface area contributed by atoms with Crippen molar-refractivity contribution in [3.05, 3.63) is 0 Å². The van der Waals surface area contributed by atoms with E-state index in [0.717, 1.165) is 38.8 Å². The van der Waals surface area contributed by atoms with Gasteiger partial charge in [0.1, 0.15) is 5.54 Å². The zero-order chi connectivity index (χ0) is 13.6. The van der Waals surface area contributed by atoms with Gasteiger partial charge in [-0.05, 0) is 51.7 Å². The number of ether oxygens (including phenoxy) is 1. The molecule has 0 aromatic carbocycles. The van der Waals surface area contributed by atoms with Gasteiger partial charge in [-0.1, -0.05) is 19.8 Å². The summed E-state index contributed by atoms with van der Waals surface area (Å²) in [7, 11) is 3.57. The minimum atomic E-state index is -0.736. The maximum absolute atomic E-state index is 11.8. The molecule has 106 valence electrons. The van der Waals surface area contributed by atoms with Crippen molar-refractivity contribution in [3.8, 4) is 0 Å². The van der Waals surface area contributed by atoms with Crippen molar-refractivity contribution in [3.63, 3.8) is 0 Å². The second-order valence-corrected chi connectivity index (χ2v) is 5.57. The van der Waals surface area contributed by atoms with Gasteiger partial charge in [0.2, 0.25) is 0 Å². The Balaban J connectivity index is 2.43. The Morgan fingerprint density at radius 1 is 1.50 bits per heavy atom. The van der Waals surface area contributed by atoms with Gasteiger partial charge in [-0.15, -0.1) is 0 Å². The van der Waals surface area contributed by atoms with E-state index < -0.39 is 5.54 Å². The number of carbonyl (C=O) groups excluding carboxylic acids is 1. The van der Waals surface area contributed by atoms with Crippen LogP contribution in [-0.2, 0) is 9.53 Å². The average molecular weight is 256 g/mol. The Hall–Kier alpha value is -0.610. The van der Waals surface area contributed by atoms with Crippen molar-refractivity contribution in [2.45, 2.75) is 51.0 Å². The molecule has 18 heavy (non-hydrogen) atoms. The zero-order valence-electron chi connectivity index (χ0n) is 12.1. The summed E-state index contributed by atoms with van der Waals surface area (Å²) in [5.41, 5.74) is 5.51. The van der Waals surface area contributed by atoms with Crippen LogP contribution >= 0.6 is 0 Å². The molecule has 0 saturated heterocycles. The third kappa shape index (κ3) is 3.69. The van der Waals surface area contributed by atoms with E-state index in [1.54, 1.807) is 0 Å². The fourth-order valence-electron chi connectivity index (χ4n) is 2.88. The third-order valence-electron chi connectivity index (χ3n) is 4.19. The summed E-state index contributed by atoms with van der Waals surface area (Å²) >= 11 is 0. The molecule has 4 nitrogen and oxygen atoms in total. The summed E-state index contributed by atoms with van der Waals surface area (Å²) in [6.07, 6.45) is 6.29. The molecule has 0 spiro atoms. The number of rotatable bonds is 7. The molecule has 2 N–H and O–H groups in total. The van der Waals surface area contributed by atoms with Gasteiger partial charge in [0.05, 0.1) is 7.11 Å². The average Bonchev–Trinajstić information content (AvgIpc) is 2.75. The molecule has 0 amide bonds. The van der Waals surface area contributed by atoms with Crippen LogP contribution in [0.2, 0.25) is 0 Å². The Morgan fingerprint density at radius 3 is 2.83 bits per heavy atom. The highest BCUT2D eigenvalue weighted by molar-refractivity contribution is 5.81. The first kappa shape index (κ1) is 15.4. The van der Waals surface area contributed by atoms with Gasteiger partial charge in [-0.3, -0.25) is 4.79 Å². The number of unbranched alkanes of at least 4 members (excludes halogenated alkanes) is 1. The minimum Gasteiger partial charge on any atom is -0.468 e. The van der Waals surface area contributed by atoms with E-state index >= 15 is 0 Å². The van der Waals surface area contributed by atoms with E-state index in [-0.39, 0.29) is 11.9 Å². The molecule has 1 fully saturated rings. The number of hydrogen-bond acceptors (Lipinski definition) is 4. The van der Waals surface area contributed by atoms with Crippen LogP contribution in [0.25, 0.3) is 0 Å². The first-order valence-electron chi connectivity index (χ1n) is 7.10. The van der Waals surface area contributed by atoms with E-state index in [0.29, 0.717) is 0 Å². The second kappa shape index (κ2) is 7.10. The van der Waals surface area contributed by atoms with Gasteiger partial charge in [-0.2, -0.15) is 0 Å². The monoisotopic (exact) mass is 256 g/mol. The highest BCUT2D eigenvalue weighted by Crippen LogP contribution is 2.36. The standard InChI is InChI=1S/C14H28N2O2/c1-4-5-10-16(2)11-8-12-7-6-9-14(12,15)13(17)18-3/h12H,4-11,15H2,1-3H3. The smallest absolute Gasteiger partial charge is 0.326 e. The third-order valence-corrected chi connectivity index (χ3v) is 4.19. The number of nitrogens with zero attached hydrogens (tertiary/aromatic N) is 1. The van der Waals surface area contributed by atoms with Crippen LogP contribution in [0.1, 0.15) is 45.4 Å². The number of esters is 1. The molecule has 0 aromatic heterocycles. The predicted octanol–water partition coefficient (Wildman–Crippen LogP) is 1.78. The maximum Gasteiger partial charge on any atom is 0.326 e. The van der Waals surface area contributed by atoms with Gasteiger partial charge < -0.3 is 15.4 Å². The lowest BCUT2D eigenvalue weighted by Gasteiger charge is -2.29.